The number of aliphatic hydroxyl groups excluding tert-OH is 1. The number of rotatable bonds is 21. The molecule has 0 aromatic rings. The maximum atomic E-state index is 14.1. The molecular weight excluding hydrogens is 977 g/mol. The van der Waals surface area contributed by atoms with Gasteiger partial charge in [-0.3, -0.25) is 4.79 Å². The van der Waals surface area contributed by atoms with Crippen LogP contribution in [0.5, 0.6) is 0 Å². The highest BCUT2D eigenvalue weighted by atomic mass is 28.4. The van der Waals surface area contributed by atoms with E-state index >= 15 is 0 Å². The fourth-order valence-corrected chi connectivity index (χ4v) is 15.2. The molecule has 0 aliphatic carbocycles. The van der Waals surface area contributed by atoms with Gasteiger partial charge in [0, 0.05) is 24.7 Å². The second-order valence-electron chi connectivity index (χ2n) is 28.5. The van der Waals surface area contributed by atoms with Gasteiger partial charge in [-0.15, -0.1) is 6.58 Å². The lowest BCUT2D eigenvalue weighted by molar-refractivity contribution is -0.259. The van der Waals surface area contributed by atoms with Crippen molar-refractivity contribution in [3.8, 4) is 0 Å². The molecule has 5 aliphatic rings. The summed E-state index contributed by atoms with van der Waals surface area (Å²) in [5.41, 5.74) is 2.16. The summed E-state index contributed by atoms with van der Waals surface area (Å²) in [4.78, 5) is 14.1. The van der Waals surface area contributed by atoms with Gasteiger partial charge in [-0.05, 0) is 135 Å². The van der Waals surface area contributed by atoms with Gasteiger partial charge in [-0.25, -0.2) is 0 Å². The SMILES string of the molecule is C=CC[C@@H]1O[C@@H]([C@H](/C=C/C(=O)CC[C@H]2CC(=C)C(CC[C@H]3C[C@@H](C)C(=C)C(C[C@@H]4O[C@H]5C[C@@H](C)[C@@H](CCC)O[C@H]5[C@H](C)[C@H]4O)O3)O2)O[Si](C)(C)C(C)(C)C)[C@@H](O[Si](C)(C)C(C)(C)C)[C@@H](O[Si](C)(C)C(C)(C)C)[C@H]1C. The lowest BCUT2D eigenvalue weighted by Crippen LogP contribution is -2.65. The summed E-state index contributed by atoms with van der Waals surface area (Å²) in [5, 5.41) is 11.4. The van der Waals surface area contributed by atoms with Crippen LogP contribution in [0.15, 0.2) is 49.1 Å². The largest absolute Gasteiger partial charge is 0.411 e. The minimum absolute atomic E-state index is 0.0139. The number of hydrogen-bond donors (Lipinski definition) is 1. The Balaban J connectivity index is 1.26. The molecule has 0 aromatic heterocycles. The van der Waals surface area contributed by atoms with Crippen molar-refractivity contribution >= 4 is 30.7 Å². The maximum absolute atomic E-state index is 14.1. The second kappa shape index (κ2) is 25.2. The van der Waals surface area contributed by atoms with E-state index in [0.717, 1.165) is 56.1 Å². The molecule has 0 aromatic carbocycles. The maximum Gasteiger partial charge on any atom is 0.193 e. The van der Waals surface area contributed by atoms with Crippen LogP contribution in [-0.2, 0) is 41.8 Å². The van der Waals surface area contributed by atoms with E-state index in [1.807, 2.05) is 12.2 Å². The van der Waals surface area contributed by atoms with Crippen LogP contribution in [-0.4, -0.2) is 121 Å². The van der Waals surface area contributed by atoms with Crippen LogP contribution in [0.2, 0.25) is 54.4 Å². The van der Waals surface area contributed by atoms with Crippen molar-refractivity contribution in [3.63, 3.8) is 0 Å². The molecule has 5 heterocycles. The smallest absolute Gasteiger partial charge is 0.193 e. The fraction of sp³-hybridized carbons (Fsp3) is 0.852. The Hall–Kier alpha value is -1.08. The summed E-state index contributed by atoms with van der Waals surface area (Å²) >= 11 is 0. The van der Waals surface area contributed by atoms with Crippen LogP contribution in [0.1, 0.15) is 168 Å². The molecule has 10 nitrogen and oxygen atoms in total. The summed E-state index contributed by atoms with van der Waals surface area (Å²) in [6.07, 6.45) is 11.2. The van der Waals surface area contributed by atoms with Crippen molar-refractivity contribution in [2.45, 2.75) is 307 Å². The number of ether oxygens (including phenoxy) is 5. The van der Waals surface area contributed by atoms with E-state index in [4.69, 9.17) is 37.0 Å². The summed E-state index contributed by atoms with van der Waals surface area (Å²) in [5.74, 6) is 0.768. The van der Waals surface area contributed by atoms with E-state index in [1.165, 1.54) is 0 Å². The predicted molar refractivity (Wildman–Crippen MR) is 311 cm³/mol. The van der Waals surface area contributed by atoms with Gasteiger partial charge >= 0.3 is 0 Å². The van der Waals surface area contributed by atoms with Crippen molar-refractivity contribution in [1.29, 1.82) is 0 Å². The van der Waals surface area contributed by atoms with Crippen LogP contribution >= 0.6 is 0 Å². The summed E-state index contributed by atoms with van der Waals surface area (Å²) < 4.78 is 56.4. The number of ketones is 1. The summed E-state index contributed by atoms with van der Waals surface area (Å²) in [6.45, 7) is 58.5. The van der Waals surface area contributed by atoms with Gasteiger partial charge < -0.3 is 42.1 Å². The molecule has 0 spiro atoms. The number of fused-ring (bicyclic) bond motifs is 1. The van der Waals surface area contributed by atoms with Gasteiger partial charge in [0.25, 0.3) is 0 Å². The van der Waals surface area contributed by atoms with Gasteiger partial charge in [-0.1, -0.05) is 129 Å². The zero-order chi connectivity index (χ0) is 55.7. The minimum atomic E-state index is -2.42. The van der Waals surface area contributed by atoms with Crippen molar-refractivity contribution in [1.82, 2.24) is 0 Å². The highest BCUT2D eigenvalue weighted by Crippen LogP contribution is 2.48. The van der Waals surface area contributed by atoms with Crippen molar-refractivity contribution in [2.75, 3.05) is 0 Å². The number of carbonyl (C=O) groups excluding carboxylic acids is 1. The normalized spacial score (nSPS) is 36.5. The van der Waals surface area contributed by atoms with Gasteiger partial charge in [0.2, 0.25) is 0 Å². The lowest BCUT2D eigenvalue weighted by Gasteiger charge is -2.54. The molecular formula is C61H110O10Si3. The molecule has 74 heavy (non-hydrogen) atoms. The predicted octanol–water partition coefficient (Wildman–Crippen LogP) is 14.6. The average Bonchev–Trinajstić information content (AvgIpc) is 3.64. The van der Waals surface area contributed by atoms with Gasteiger partial charge in [-0.2, -0.15) is 0 Å². The molecule has 13 heteroatoms. The summed E-state index contributed by atoms with van der Waals surface area (Å²) in [7, 11) is -7.11. The quantitative estimate of drug-likeness (QED) is 0.0678. The second-order valence-corrected chi connectivity index (χ2v) is 42.8. The Morgan fingerprint density at radius 2 is 1.31 bits per heavy atom. The Bertz CT molecular complexity index is 1910. The molecule has 2 unspecified atom stereocenters. The number of aliphatic hydroxyl groups is 1. The number of hydrogen-bond acceptors (Lipinski definition) is 10. The first-order valence-electron chi connectivity index (χ1n) is 29.2. The molecule has 18 atom stereocenters. The molecule has 1 N–H and O–H groups in total. The van der Waals surface area contributed by atoms with E-state index in [9.17, 15) is 9.90 Å². The topological polar surface area (TPSA) is 111 Å². The van der Waals surface area contributed by atoms with E-state index in [-0.39, 0.29) is 93.8 Å². The zero-order valence-electron chi connectivity index (χ0n) is 50.6. The minimum Gasteiger partial charge on any atom is -0.411 e. The van der Waals surface area contributed by atoms with Gasteiger partial charge in [0.15, 0.2) is 30.7 Å². The van der Waals surface area contributed by atoms with Crippen molar-refractivity contribution in [3.05, 3.63) is 49.1 Å². The first-order chi connectivity index (χ1) is 34.0. The van der Waals surface area contributed by atoms with Crippen molar-refractivity contribution in [2.24, 2.45) is 23.7 Å². The number of carbonyl (C=O) groups is 1. The summed E-state index contributed by atoms with van der Waals surface area (Å²) in [6, 6.07) is 0. The van der Waals surface area contributed by atoms with Crippen LogP contribution in [0.4, 0.5) is 0 Å². The molecule has 0 saturated carbocycles. The third-order valence-electron chi connectivity index (χ3n) is 19.5. The lowest BCUT2D eigenvalue weighted by atomic mass is 9.78. The van der Waals surface area contributed by atoms with Crippen molar-refractivity contribution < 1.29 is 46.9 Å². The third-order valence-corrected chi connectivity index (χ3v) is 32.9. The third kappa shape index (κ3) is 15.4. The fourth-order valence-electron chi connectivity index (χ4n) is 11.2. The van der Waals surface area contributed by atoms with Crippen LogP contribution < -0.4 is 0 Å². The molecule has 0 amide bonds. The monoisotopic (exact) mass is 1090 g/mol. The highest BCUT2D eigenvalue weighted by Gasteiger charge is 2.55. The van der Waals surface area contributed by atoms with E-state index in [1.54, 1.807) is 6.08 Å². The molecule has 426 valence electrons. The molecule has 5 saturated heterocycles. The average molecular weight is 1090 g/mol. The molecule has 5 rings (SSSR count). The Morgan fingerprint density at radius 3 is 1.89 bits per heavy atom. The molecule has 5 aliphatic heterocycles. The van der Waals surface area contributed by atoms with Gasteiger partial charge in [0.05, 0.1) is 79.4 Å². The molecule has 5 fully saturated rings. The Labute approximate surface area is 455 Å². The standard InChI is InChI=1S/C61H110O10Si3/c1-24-26-47-40(5)36-53-55(67-47)43(8)54(63)52(66-53)37-51-41(6)38(3)34-46(65-51)31-33-48-39(4)35-45(64-48)30-28-44(62)29-32-50(69-72(18,19)59(9,10)11)57-58(71-74(22,23)61(15,16)17)56(42(7)49(68-57)27-25-2)70-73(20,21)60(12,13)14/h25,29,32,38,40,42-43,45-58,63H,2,4,6,24,26-28,30-31,33-37H2,1,3,5,7-23H3/b32-29+/t38-,40-,42+,43-,45+,46+,47-,48?,49+,50+,51?,52+,53+,54-,55+,56+,57+,58+/m1/s1. The Morgan fingerprint density at radius 1 is 0.716 bits per heavy atom. The zero-order valence-corrected chi connectivity index (χ0v) is 53.6. The first-order valence-corrected chi connectivity index (χ1v) is 37.9. The first kappa shape index (κ1) is 63.7. The highest BCUT2D eigenvalue weighted by molar-refractivity contribution is 6.75. The van der Waals surface area contributed by atoms with Crippen LogP contribution in [0.25, 0.3) is 0 Å². The van der Waals surface area contributed by atoms with E-state index in [0.29, 0.717) is 37.5 Å². The van der Waals surface area contributed by atoms with Gasteiger partial charge in [0.1, 0.15) is 6.10 Å². The van der Waals surface area contributed by atoms with E-state index in [2.05, 4.69) is 156 Å². The molecule has 0 bridgehead atoms. The van der Waals surface area contributed by atoms with Crippen LogP contribution in [0, 0.1) is 23.7 Å². The molecule has 0 radical (unpaired) electrons. The van der Waals surface area contributed by atoms with E-state index < -0.39 is 49.4 Å². The van der Waals surface area contributed by atoms with Crippen LogP contribution in [0.3, 0.4) is 0 Å². The number of allylic oxidation sites excluding steroid dienone is 1. The Kier molecular flexibility index (Phi) is 21.7.